The van der Waals surface area contributed by atoms with Gasteiger partial charge in [-0.2, -0.15) is 0 Å². The molecule has 1 aliphatic carbocycles. The van der Waals surface area contributed by atoms with Crippen LogP contribution in [-0.4, -0.2) is 16.3 Å². The van der Waals surface area contributed by atoms with Gasteiger partial charge in [0.15, 0.2) is 5.82 Å². The number of carbonyl (C=O) groups excluding carboxylic acids is 1. The topological polar surface area (TPSA) is 58.9 Å². The van der Waals surface area contributed by atoms with Crippen molar-refractivity contribution >= 4 is 17.5 Å². The first-order chi connectivity index (χ1) is 10.6. The van der Waals surface area contributed by atoms with Gasteiger partial charge in [-0.15, -0.1) is 11.6 Å². The summed E-state index contributed by atoms with van der Waals surface area (Å²) in [6.45, 7) is 0. The van der Waals surface area contributed by atoms with E-state index in [-0.39, 0.29) is 17.0 Å². The Morgan fingerprint density at radius 1 is 1.18 bits per heavy atom. The highest BCUT2D eigenvalue weighted by atomic mass is 35.5. The van der Waals surface area contributed by atoms with Gasteiger partial charge in [0.1, 0.15) is 5.69 Å². The Bertz CT molecular complexity index is 675. The summed E-state index contributed by atoms with van der Waals surface area (Å²) in [7, 11) is 0. The van der Waals surface area contributed by atoms with Crippen LogP contribution in [0, 0.1) is 5.82 Å². The van der Waals surface area contributed by atoms with E-state index in [0.29, 0.717) is 11.3 Å². The van der Waals surface area contributed by atoms with Crippen molar-refractivity contribution in [3.05, 3.63) is 47.4 Å². The maximum Gasteiger partial charge on any atom is 0.268 e. The molecule has 2 aromatic rings. The smallest absolute Gasteiger partial charge is 0.268 e. The summed E-state index contributed by atoms with van der Waals surface area (Å²) in [5.41, 5.74) is 7.25. The molecule has 0 spiro atoms. The van der Waals surface area contributed by atoms with Gasteiger partial charge in [0.2, 0.25) is 0 Å². The van der Waals surface area contributed by atoms with Crippen LogP contribution >= 0.6 is 11.6 Å². The number of nitrogens with one attached hydrogen (secondary N) is 1. The van der Waals surface area contributed by atoms with Crippen molar-refractivity contribution in [1.82, 2.24) is 4.98 Å². The number of alkyl halides is 1. The minimum Gasteiger partial charge on any atom is -0.364 e. The van der Waals surface area contributed by atoms with Crippen LogP contribution in [0.15, 0.2) is 30.3 Å². The fourth-order valence-electron chi connectivity index (χ4n) is 3.22. The number of carbonyl (C=O) groups is 1. The molecule has 0 bridgehead atoms. The Kier molecular flexibility index (Phi) is 4.21. The molecule has 1 fully saturated rings. The Morgan fingerprint density at radius 2 is 1.82 bits per heavy atom. The predicted octanol–water partition coefficient (Wildman–Crippen LogP) is 4.18. The summed E-state index contributed by atoms with van der Waals surface area (Å²) < 4.78 is 14.7. The lowest BCUT2D eigenvalue weighted by atomic mass is 9.82. The van der Waals surface area contributed by atoms with Crippen LogP contribution in [0.2, 0.25) is 0 Å². The molecule has 1 aliphatic rings. The molecule has 3 nitrogen and oxygen atoms in total. The summed E-state index contributed by atoms with van der Waals surface area (Å²) in [6.07, 6.45) is 3.36. The zero-order valence-electron chi connectivity index (χ0n) is 12.1. The van der Waals surface area contributed by atoms with Crippen LogP contribution in [0.3, 0.4) is 0 Å². The molecule has 0 saturated heterocycles. The zero-order valence-corrected chi connectivity index (χ0v) is 12.9. The Labute approximate surface area is 133 Å². The molecule has 1 aromatic carbocycles. The van der Waals surface area contributed by atoms with E-state index in [9.17, 15) is 9.18 Å². The highest BCUT2D eigenvalue weighted by Gasteiger charge is 2.30. The first-order valence-electron chi connectivity index (χ1n) is 7.48. The van der Waals surface area contributed by atoms with E-state index in [0.717, 1.165) is 31.2 Å². The van der Waals surface area contributed by atoms with Crippen molar-refractivity contribution < 1.29 is 9.18 Å². The minimum atomic E-state index is -0.771. The Balaban J connectivity index is 2.08. The minimum absolute atomic E-state index is 0.0644. The standard InChI is InChI=1S/C17H18ClFN2O/c18-12-8-6-10(7-9-12)13-14(19)16(17(20)22)21-15(13)11-4-2-1-3-5-11/h1-5,10,12,21H,6-9H2,(H2,20,22). The molecule has 1 amide bonds. The average molecular weight is 321 g/mol. The van der Waals surface area contributed by atoms with E-state index in [1.165, 1.54) is 0 Å². The van der Waals surface area contributed by atoms with Crippen LogP contribution in [0.4, 0.5) is 4.39 Å². The normalized spacial score (nSPS) is 21.7. The lowest BCUT2D eigenvalue weighted by Gasteiger charge is -2.25. The van der Waals surface area contributed by atoms with Gasteiger partial charge in [-0.1, -0.05) is 30.3 Å². The summed E-state index contributed by atoms with van der Waals surface area (Å²) in [6, 6.07) is 9.46. The van der Waals surface area contributed by atoms with E-state index < -0.39 is 11.7 Å². The van der Waals surface area contributed by atoms with Gasteiger partial charge in [-0.25, -0.2) is 4.39 Å². The maximum atomic E-state index is 14.7. The lowest BCUT2D eigenvalue weighted by molar-refractivity contribution is 0.0992. The second kappa shape index (κ2) is 6.13. The Hall–Kier alpha value is -1.81. The maximum absolute atomic E-state index is 14.7. The lowest BCUT2D eigenvalue weighted by Crippen LogP contribution is -2.15. The van der Waals surface area contributed by atoms with Crippen LogP contribution < -0.4 is 5.73 Å². The summed E-state index contributed by atoms with van der Waals surface area (Å²) in [5.74, 6) is -1.22. The second-order valence-electron chi connectivity index (χ2n) is 5.78. The van der Waals surface area contributed by atoms with Crippen molar-refractivity contribution in [2.75, 3.05) is 0 Å². The molecular formula is C17H18ClFN2O. The zero-order chi connectivity index (χ0) is 15.7. The van der Waals surface area contributed by atoms with Crippen molar-refractivity contribution in [2.24, 2.45) is 5.73 Å². The average Bonchev–Trinajstić information content (AvgIpc) is 2.87. The molecule has 0 radical (unpaired) electrons. The number of halogens is 2. The van der Waals surface area contributed by atoms with Crippen LogP contribution in [-0.2, 0) is 0 Å². The molecule has 0 unspecified atom stereocenters. The number of aromatic nitrogens is 1. The van der Waals surface area contributed by atoms with E-state index in [2.05, 4.69) is 4.98 Å². The number of primary amides is 1. The molecule has 1 heterocycles. The van der Waals surface area contributed by atoms with Crippen molar-refractivity contribution in [3.8, 4) is 11.3 Å². The van der Waals surface area contributed by atoms with Gasteiger partial charge in [-0.05, 0) is 37.2 Å². The number of nitrogens with two attached hydrogens (primary N) is 1. The number of hydrogen-bond donors (Lipinski definition) is 2. The van der Waals surface area contributed by atoms with Gasteiger partial charge in [0.05, 0.1) is 5.69 Å². The third-order valence-electron chi connectivity index (χ3n) is 4.35. The molecule has 1 aromatic heterocycles. The van der Waals surface area contributed by atoms with E-state index >= 15 is 0 Å². The number of H-pyrrole nitrogens is 1. The highest BCUT2D eigenvalue weighted by molar-refractivity contribution is 6.20. The molecule has 0 aliphatic heterocycles. The number of aromatic amines is 1. The van der Waals surface area contributed by atoms with Gasteiger partial charge >= 0.3 is 0 Å². The van der Waals surface area contributed by atoms with E-state index in [1.807, 2.05) is 30.3 Å². The summed E-state index contributed by atoms with van der Waals surface area (Å²) >= 11 is 6.15. The van der Waals surface area contributed by atoms with Crippen molar-refractivity contribution in [3.63, 3.8) is 0 Å². The van der Waals surface area contributed by atoms with Crippen LogP contribution in [0.5, 0.6) is 0 Å². The second-order valence-corrected chi connectivity index (χ2v) is 6.40. The number of amides is 1. The van der Waals surface area contributed by atoms with Gasteiger partial charge in [0, 0.05) is 10.9 Å². The molecule has 5 heteroatoms. The number of benzene rings is 1. The molecule has 1 saturated carbocycles. The monoisotopic (exact) mass is 320 g/mol. The molecule has 116 valence electrons. The first kappa shape index (κ1) is 15.1. The fourth-order valence-corrected chi connectivity index (χ4v) is 3.47. The molecule has 3 N–H and O–H groups in total. The SMILES string of the molecule is NC(=O)c1[nH]c(-c2ccccc2)c(C2CCC(Cl)CC2)c1F. The summed E-state index contributed by atoms with van der Waals surface area (Å²) in [5, 5.41) is 0.161. The molecule has 0 atom stereocenters. The van der Waals surface area contributed by atoms with E-state index in [1.54, 1.807) is 0 Å². The van der Waals surface area contributed by atoms with Gasteiger partial charge in [0.25, 0.3) is 5.91 Å². The third kappa shape index (κ3) is 2.75. The number of rotatable bonds is 3. The van der Waals surface area contributed by atoms with E-state index in [4.69, 9.17) is 17.3 Å². The van der Waals surface area contributed by atoms with Crippen molar-refractivity contribution in [1.29, 1.82) is 0 Å². The van der Waals surface area contributed by atoms with Crippen molar-refractivity contribution in [2.45, 2.75) is 37.0 Å². The highest BCUT2D eigenvalue weighted by Crippen LogP contribution is 2.41. The first-order valence-corrected chi connectivity index (χ1v) is 7.92. The van der Waals surface area contributed by atoms with Crippen LogP contribution in [0.25, 0.3) is 11.3 Å². The van der Waals surface area contributed by atoms with Crippen LogP contribution in [0.1, 0.15) is 47.7 Å². The molecular weight excluding hydrogens is 303 g/mol. The van der Waals surface area contributed by atoms with Gasteiger partial charge < -0.3 is 10.7 Å². The molecule has 22 heavy (non-hydrogen) atoms. The predicted molar refractivity (Wildman–Crippen MR) is 85.6 cm³/mol. The number of hydrogen-bond acceptors (Lipinski definition) is 1. The summed E-state index contributed by atoms with van der Waals surface area (Å²) in [4.78, 5) is 14.4. The fraction of sp³-hybridized carbons (Fsp3) is 0.353. The molecule has 3 rings (SSSR count). The third-order valence-corrected chi connectivity index (χ3v) is 4.79. The largest absolute Gasteiger partial charge is 0.364 e. The van der Waals surface area contributed by atoms with Gasteiger partial charge in [-0.3, -0.25) is 4.79 Å². The Morgan fingerprint density at radius 3 is 2.41 bits per heavy atom. The quantitative estimate of drug-likeness (QED) is 0.819.